The van der Waals surface area contributed by atoms with E-state index < -0.39 is 6.10 Å². The van der Waals surface area contributed by atoms with Crippen LogP contribution in [0.15, 0.2) is 60.2 Å². The summed E-state index contributed by atoms with van der Waals surface area (Å²) in [7, 11) is 0. The van der Waals surface area contributed by atoms with Crippen molar-refractivity contribution in [3.8, 4) is 5.75 Å². The number of hydrogen-bond donors (Lipinski definition) is 2. The second-order valence-electron chi connectivity index (χ2n) is 7.27. The van der Waals surface area contributed by atoms with Crippen LogP contribution in [0.2, 0.25) is 0 Å². The predicted octanol–water partition coefficient (Wildman–Crippen LogP) is 4.82. The minimum absolute atomic E-state index is 0.0967. The average molecular weight is 367 g/mol. The third-order valence-electron chi connectivity index (χ3n) is 5.41. The Labute approximate surface area is 162 Å². The lowest BCUT2D eigenvalue weighted by Crippen LogP contribution is -2.21. The third kappa shape index (κ3) is 5.00. The topological polar surface area (TPSA) is 49.7 Å². The lowest BCUT2D eigenvalue weighted by Gasteiger charge is -2.21. The largest absolute Gasteiger partial charge is 0.491 e. The fourth-order valence-electron chi connectivity index (χ4n) is 4.05. The molecule has 1 fully saturated rings. The maximum Gasteiger partial charge on any atom is 0.119 e. The first-order valence-electron chi connectivity index (χ1n) is 10.0. The summed E-state index contributed by atoms with van der Waals surface area (Å²) in [5, 5.41) is 18.4. The molecule has 1 unspecified atom stereocenters. The van der Waals surface area contributed by atoms with Gasteiger partial charge in [-0.2, -0.15) is 0 Å². The fourth-order valence-corrected chi connectivity index (χ4v) is 4.05. The van der Waals surface area contributed by atoms with Gasteiger partial charge in [0, 0.05) is 0 Å². The first-order chi connectivity index (χ1) is 13.2. The van der Waals surface area contributed by atoms with Gasteiger partial charge in [-0.1, -0.05) is 67.8 Å². The summed E-state index contributed by atoms with van der Waals surface area (Å²) in [6, 6.07) is 18.8. The molecular formula is C24H30O3. The molecule has 0 aromatic heterocycles. The zero-order chi connectivity index (χ0) is 19.1. The first kappa shape index (κ1) is 19.7. The van der Waals surface area contributed by atoms with Gasteiger partial charge in [-0.25, -0.2) is 0 Å². The standard InChI is InChI=1S/C24H30O3/c1-2-23(18-8-6-7-9-18)24(19-10-4-3-5-11-19)20-12-14-22(15-13-20)27-17-21(26)16-25/h3-5,10-15,18,21,25-26H,2,6-9,16-17H2,1H3. The Hall–Kier alpha value is -2.10. The van der Waals surface area contributed by atoms with Crippen molar-refractivity contribution in [2.24, 2.45) is 5.92 Å². The quantitative estimate of drug-likeness (QED) is 0.704. The highest BCUT2D eigenvalue weighted by atomic mass is 16.5. The van der Waals surface area contributed by atoms with Crippen LogP contribution in [0.1, 0.15) is 50.2 Å². The average Bonchev–Trinajstić information content (AvgIpc) is 3.25. The SMILES string of the molecule is CCC(=C(c1ccccc1)c1ccc(OCC(O)CO)cc1)C1CCCC1. The maximum atomic E-state index is 9.45. The molecule has 0 spiro atoms. The molecule has 27 heavy (non-hydrogen) atoms. The lowest BCUT2D eigenvalue weighted by atomic mass is 9.84. The van der Waals surface area contributed by atoms with Crippen molar-refractivity contribution in [3.05, 3.63) is 71.3 Å². The van der Waals surface area contributed by atoms with Gasteiger partial charge >= 0.3 is 0 Å². The van der Waals surface area contributed by atoms with E-state index in [4.69, 9.17) is 9.84 Å². The smallest absolute Gasteiger partial charge is 0.119 e. The molecule has 1 atom stereocenters. The summed E-state index contributed by atoms with van der Waals surface area (Å²) in [6.45, 7) is 2.07. The summed E-state index contributed by atoms with van der Waals surface area (Å²) >= 11 is 0. The normalized spacial score (nSPS) is 16.9. The van der Waals surface area contributed by atoms with Crippen molar-refractivity contribution in [2.45, 2.75) is 45.1 Å². The van der Waals surface area contributed by atoms with Gasteiger partial charge in [-0.15, -0.1) is 0 Å². The molecule has 1 aliphatic carbocycles. The van der Waals surface area contributed by atoms with E-state index in [0.29, 0.717) is 11.7 Å². The Bertz CT molecular complexity index is 728. The fraction of sp³-hybridized carbons (Fsp3) is 0.417. The molecule has 1 aliphatic rings. The zero-order valence-electron chi connectivity index (χ0n) is 16.1. The number of benzene rings is 2. The molecule has 0 saturated heterocycles. The van der Waals surface area contributed by atoms with Crippen molar-refractivity contribution in [3.63, 3.8) is 0 Å². The first-order valence-corrected chi connectivity index (χ1v) is 10.0. The number of aliphatic hydroxyl groups excluding tert-OH is 2. The van der Waals surface area contributed by atoms with Gasteiger partial charge in [0.2, 0.25) is 0 Å². The number of aliphatic hydroxyl groups is 2. The maximum absolute atomic E-state index is 9.45. The summed E-state index contributed by atoms with van der Waals surface area (Å²) in [4.78, 5) is 0. The molecule has 144 valence electrons. The molecule has 0 amide bonds. The van der Waals surface area contributed by atoms with Crippen molar-refractivity contribution >= 4 is 5.57 Å². The van der Waals surface area contributed by atoms with E-state index in [1.165, 1.54) is 42.4 Å². The number of ether oxygens (including phenoxy) is 1. The second-order valence-corrected chi connectivity index (χ2v) is 7.27. The number of rotatable bonds is 8. The molecule has 1 saturated carbocycles. The highest BCUT2D eigenvalue weighted by Gasteiger charge is 2.22. The molecule has 3 heteroatoms. The number of hydrogen-bond acceptors (Lipinski definition) is 3. The highest BCUT2D eigenvalue weighted by molar-refractivity contribution is 5.82. The summed E-state index contributed by atoms with van der Waals surface area (Å²) in [6.07, 6.45) is 5.46. The van der Waals surface area contributed by atoms with Gasteiger partial charge in [0.1, 0.15) is 18.5 Å². The predicted molar refractivity (Wildman–Crippen MR) is 110 cm³/mol. The van der Waals surface area contributed by atoms with Crippen LogP contribution < -0.4 is 4.74 Å². The molecule has 2 N–H and O–H groups in total. The van der Waals surface area contributed by atoms with E-state index in [2.05, 4.69) is 49.4 Å². The van der Waals surface area contributed by atoms with E-state index in [1.807, 2.05) is 12.1 Å². The monoisotopic (exact) mass is 366 g/mol. The van der Waals surface area contributed by atoms with Gasteiger partial charge in [0.05, 0.1) is 6.61 Å². The highest BCUT2D eigenvalue weighted by Crippen LogP contribution is 2.39. The minimum Gasteiger partial charge on any atom is -0.491 e. The molecule has 3 rings (SSSR count). The molecule has 0 bridgehead atoms. The van der Waals surface area contributed by atoms with Gasteiger partial charge in [0.15, 0.2) is 0 Å². The molecule has 0 aliphatic heterocycles. The van der Waals surface area contributed by atoms with Crippen molar-refractivity contribution < 1.29 is 14.9 Å². The van der Waals surface area contributed by atoms with Crippen LogP contribution in [0.25, 0.3) is 5.57 Å². The lowest BCUT2D eigenvalue weighted by molar-refractivity contribution is 0.0536. The van der Waals surface area contributed by atoms with E-state index in [0.717, 1.165) is 6.42 Å². The molecule has 2 aromatic carbocycles. The zero-order valence-corrected chi connectivity index (χ0v) is 16.1. The van der Waals surface area contributed by atoms with Gasteiger partial charge in [0.25, 0.3) is 0 Å². The van der Waals surface area contributed by atoms with Crippen molar-refractivity contribution in [1.82, 2.24) is 0 Å². The Morgan fingerprint density at radius 2 is 1.63 bits per heavy atom. The second kappa shape index (κ2) is 9.72. The Morgan fingerprint density at radius 1 is 1.00 bits per heavy atom. The van der Waals surface area contributed by atoms with Crippen LogP contribution >= 0.6 is 0 Å². The van der Waals surface area contributed by atoms with Crippen LogP contribution in [0.5, 0.6) is 5.75 Å². The summed E-state index contributed by atoms with van der Waals surface area (Å²) < 4.78 is 5.56. The van der Waals surface area contributed by atoms with Crippen LogP contribution in [-0.4, -0.2) is 29.5 Å². The molecule has 2 aromatic rings. The van der Waals surface area contributed by atoms with Crippen LogP contribution in [0.4, 0.5) is 0 Å². The summed E-state index contributed by atoms with van der Waals surface area (Å²) in [5.74, 6) is 1.39. The van der Waals surface area contributed by atoms with E-state index >= 15 is 0 Å². The van der Waals surface area contributed by atoms with E-state index in [1.54, 1.807) is 5.57 Å². The van der Waals surface area contributed by atoms with Crippen LogP contribution in [-0.2, 0) is 0 Å². The van der Waals surface area contributed by atoms with Crippen LogP contribution in [0, 0.1) is 5.92 Å². The Morgan fingerprint density at radius 3 is 2.22 bits per heavy atom. The van der Waals surface area contributed by atoms with Gasteiger partial charge in [-0.05, 0) is 54.0 Å². The van der Waals surface area contributed by atoms with E-state index in [-0.39, 0.29) is 13.2 Å². The third-order valence-corrected chi connectivity index (χ3v) is 5.41. The van der Waals surface area contributed by atoms with Crippen molar-refractivity contribution in [1.29, 1.82) is 0 Å². The van der Waals surface area contributed by atoms with Gasteiger partial charge < -0.3 is 14.9 Å². The Balaban J connectivity index is 1.93. The summed E-state index contributed by atoms with van der Waals surface area (Å²) in [5.41, 5.74) is 5.39. The van der Waals surface area contributed by atoms with E-state index in [9.17, 15) is 5.11 Å². The van der Waals surface area contributed by atoms with Gasteiger partial charge in [-0.3, -0.25) is 0 Å². The van der Waals surface area contributed by atoms with Crippen molar-refractivity contribution in [2.75, 3.05) is 13.2 Å². The molecule has 3 nitrogen and oxygen atoms in total. The van der Waals surface area contributed by atoms with Crippen LogP contribution in [0.3, 0.4) is 0 Å². The minimum atomic E-state index is -0.849. The Kier molecular flexibility index (Phi) is 7.08. The number of allylic oxidation sites excluding steroid dienone is 1. The molecular weight excluding hydrogens is 336 g/mol. The molecule has 0 heterocycles. The molecule has 0 radical (unpaired) electrons.